The van der Waals surface area contributed by atoms with E-state index in [4.69, 9.17) is 16.2 Å². The standard InChI is InChI=1S/C14H17BrN4O/c1-7(2)9-4-8(3)10(15)5-11(9)20-12-6-18-14(17)19-13(12)16/h4-7H,1-3H3,(H4,16,17,18,19). The van der Waals surface area contributed by atoms with Crippen LogP contribution in [0, 0.1) is 6.92 Å². The van der Waals surface area contributed by atoms with Crippen molar-refractivity contribution in [2.75, 3.05) is 11.5 Å². The molecule has 0 amide bonds. The molecule has 0 aliphatic heterocycles. The Morgan fingerprint density at radius 3 is 2.50 bits per heavy atom. The lowest BCUT2D eigenvalue weighted by atomic mass is 10.00. The molecule has 1 aromatic carbocycles. The fraction of sp³-hybridized carbons (Fsp3) is 0.286. The molecule has 0 fully saturated rings. The summed E-state index contributed by atoms with van der Waals surface area (Å²) < 4.78 is 6.84. The van der Waals surface area contributed by atoms with Crippen LogP contribution in [0.1, 0.15) is 30.9 Å². The van der Waals surface area contributed by atoms with Crippen LogP contribution in [0.2, 0.25) is 0 Å². The van der Waals surface area contributed by atoms with Gasteiger partial charge in [0.15, 0.2) is 11.6 Å². The monoisotopic (exact) mass is 336 g/mol. The number of benzene rings is 1. The predicted octanol–water partition coefficient (Wildman–Crippen LogP) is 3.63. The molecule has 0 aliphatic carbocycles. The molecule has 1 heterocycles. The summed E-state index contributed by atoms with van der Waals surface area (Å²) in [4.78, 5) is 7.79. The second-order valence-corrected chi connectivity index (χ2v) is 5.73. The van der Waals surface area contributed by atoms with Crippen LogP contribution >= 0.6 is 15.9 Å². The number of ether oxygens (including phenoxy) is 1. The Hall–Kier alpha value is -1.82. The zero-order valence-electron chi connectivity index (χ0n) is 11.6. The van der Waals surface area contributed by atoms with E-state index < -0.39 is 0 Å². The summed E-state index contributed by atoms with van der Waals surface area (Å²) in [5.74, 6) is 1.81. The highest BCUT2D eigenvalue weighted by atomic mass is 79.9. The van der Waals surface area contributed by atoms with Gasteiger partial charge in [-0.2, -0.15) is 4.98 Å². The number of nitrogen functional groups attached to an aromatic ring is 2. The molecule has 1 aromatic heterocycles. The number of hydrogen-bond acceptors (Lipinski definition) is 5. The van der Waals surface area contributed by atoms with E-state index in [1.165, 1.54) is 6.20 Å². The van der Waals surface area contributed by atoms with E-state index in [-0.39, 0.29) is 11.8 Å². The van der Waals surface area contributed by atoms with Crippen LogP contribution in [-0.4, -0.2) is 9.97 Å². The first kappa shape index (κ1) is 14.6. The molecule has 0 atom stereocenters. The van der Waals surface area contributed by atoms with Crippen LogP contribution in [-0.2, 0) is 0 Å². The number of anilines is 2. The summed E-state index contributed by atoms with van der Waals surface area (Å²) >= 11 is 3.51. The smallest absolute Gasteiger partial charge is 0.222 e. The van der Waals surface area contributed by atoms with Gasteiger partial charge in [-0.25, -0.2) is 4.98 Å². The van der Waals surface area contributed by atoms with Gasteiger partial charge in [-0.05, 0) is 30.0 Å². The van der Waals surface area contributed by atoms with E-state index in [1.54, 1.807) is 0 Å². The van der Waals surface area contributed by atoms with Crippen molar-refractivity contribution in [3.8, 4) is 11.5 Å². The molecule has 0 radical (unpaired) electrons. The maximum absolute atomic E-state index is 5.86. The minimum absolute atomic E-state index is 0.129. The summed E-state index contributed by atoms with van der Waals surface area (Å²) in [6, 6.07) is 4.03. The van der Waals surface area contributed by atoms with Gasteiger partial charge < -0.3 is 16.2 Å². The molecular formula is C14H17BrN4O. The third kappa shape index (κ3) is 3.01. The highest BCUT2D eigenvalue weighted by Crippen LogP contribution is 2.36. The first-order chi connectivity index (χ1) is 9.38. The molecule has 0 saturated carbocycles. The number of halogens is 1. The molecule has 5 nitrogen and oxygen atoms in total. The van der Waals surface area contributed by atoms with Gasteiger partial charge in [-0.15, -0.1) is 0 Å². The van der Waals surface area contributed by atoms with Crippen LogP contribution in [0.25, 0.3) is 0 Å². The minimum Gasteiger partial charge on any atom is -0.452 e. The Morgan fingerprint density at radius 2 is 1.90 bits per heavy atom. The molecule has 106 valence electrons. The van der Waals surface area contributed by atoms with Gasteiger partial charge in [0.1, 0.15) is 5.75 Å². The number of aryl methyl sites for hydroxylation is 1. The van der Waals surface area contributed by atoms with Crippen molar-refractivity contribution in [1.29, 1.82) is 0 Å². The van der Waals surface area contributed by atoms with Crippen molar-refractivity contribution >= 4 is 27.7 Å². The zero-order valence-corrected chi connectivity index (χ0v) is 13.2. The second-order valence-electron chi connectivity index (χ2n) is 4.87. The molecule has 0 aliphatic rings. The number of aromatic nitrogens is 2. The Balaban J connectivity index is 2.44. The number of rotatable bonds is 3. The van der Waals surface area contributed by atoms with E-state index in [0.29, 0.717) is 11.7 Å². The lowest BCUT2D eigenvalue weighted by molar-refractivity contribution is 0.470. The minimum atomic E-state index is 0.129. The first-order valence-corrected chi connectivity index (χ1v) is 7.03. The lowest BCUT2D eigenvalue weighted by Gasteiger charge is -2.16. The Bertz CT molecular complexity index is 643. The van der Waals surface area contributed by atoms with E-state index >= 15 is 0 Å². The number of hydrogen-bond donors (Lipinski definition) is 2. The summed E-state index contributed by atoms with van der Waals surface area (Å²) in [5.41, 5.74) is 13.5. The van der Waals surface area contributed by atoms with E-state index in [9.17, 15) is 0 Å². The second kappa shape index (κ2) is 5.66. The van der Waals surface area contributed by atoms with E-state index in [2.05, 4.69) is 45.8 Å². The molecule has 0 unspecified atom stereocenters. The quantitative estimate of drug-likeness (QED) is 0.893. The third-order valence-corrected chi connectivity index (χ3v) is 3.79. The van der Waals surface area contributed by atoms with Crippen molar-refractivity contribution in [2.24, 2.45) is 0 Å². The maximum atomic E-state index is 5.86. The van der Waals surface area contributed by atoms with Crippen LogP contribution < -0.4 is 16.2 Å². The fourth-order valence-corrected chi connectivity index (χ4v) is 2.14. The Kier molecular flexibility index (Phi) is 4.13. The van der Waals surface area contributed by atoms with Crippen molar-refractivity contribution in [3.05, 3.63) is 33.9 Å². The predicted molar refractivity (Wildman–Crippen MR) is 83.9 cm³/mol. The summed E-state index contributed by atoms with van der Waals surface area (Å²) in [6.07, 6.45) is 1.48. The van der Waals surface area contributed by atoms with Crippen LogP contribution in [0.15, 0.2) is 22.8 Å². The lowest BCUT2D eigenvalue weighted by Crippen LogP contribution is -2.03. The molecule has 0 bridgehead atoms. The first-order valence-electron chi connectivity index (χ1n) is 6.24. The van der Waals surface area contributed by atoms with Gasteiger partial charge in [-0.3, -0.25) is 0 Å². The van der Waals surface area contributed by atoms with Crippen molar-refractivity contribution < 1.29 is 4.74 Å². The molecule has 20 heavy (non-hydrogen) atoms. The van der Waals surface area contributed by atoms with Gasteiger partial charge in [-0.1, -0.05) is 35.8 Å². The highest BCUT2D eigenvalue weighted by Gasteiger charge is 2.13. The summed E-state index contributed by atoms with van der Waals surface area (Å²) in [6.45, 7) is 6.26. The van der Waals surface area contributed by atoms with Gasteiger partial charge in [0, 0.05) is 4.47 Å². The molecule has 0 saturated heterocycles. The molecule has 6 heteroatoms. The van der Waals surface area contributed by atoms with Crippen LogP contribution in [0.4, 0.5) is 11.8 Å². The van der Waals surface area contributed by atoms with Crippen LogP contribution in [0.3, 0.4) is 0 Å². The summed E-state index contributed by atoms with van der Waals surface area (Å²) in [5, 5.41) is 0. The molecule has 2 aromatic rings. The summed E-state index contributed by atoms with van der Waals surface area (Å²) in [7, 11) is 0. The molecule has 0 spiro atoms. The maximum Gasteiger partial charge on any atom is 0.222 e. The fourth-order valence-electron chi connectivity index (χ4n) is 1.82. The Morgan fingerprint density at radius 1 is 1.20 bits per heavy atom. The SMILES string of the molecule is Cc1cc(C(C)C)c(Oc2cnc(N)nc2N)cc1Br. The normalized spacial score (nSPS) is 10.8. The van der Waals surface area contributed by atoms with Gasteiger partial charge in [0.25, 0.3) is 0 Å². The van der Waals surface area contributed by atoms with Crippen molar-refractivity contribution in [1.82, 2.24) is 9.97 Å². The average molecular weight is 337 g/mol. The van der Waals surface area contributed by atoms with Crippen molar-refractivity contribution in [2.45, 2.75) is 26.7 Å². The molecule has 2 rings (SSSR count). The molecular weight excluding hydrogens is 320 g/mol. The number of nitrogens with two attached hydrogens (primary N) is 2. The van der Waals surface area contributed by atoms with Crippen LogP contribution in [0.5, 0.6) is 11.5 Å². The van der Waals surface area contributed by atoms with E-state index in [0.717, 1.165) is 21.3 Å². The highest BCUT2D eigenvalue weighted by molar-refractivity contribution is 9.10. The molecule has 4 N–H and O–H groups in total. The zero-order chi connectivity index (χ0) is 14.9. The van der Waals surface area contributed by atoms with Gasteiger partial charge in [0.05, 0.1) is 6.20 Å². The topological polar surface area (TPSA) is 87.0 Å². The largest absolute Gasteiger partial charge is 0.452 e. The Labute approximate surface area is 126 Å². The van der Waals surface area contributed by atoms with E-state index in [1.807, 2.05) is 13.0 Å². The van der Waals surface area contributed by atoms with Crippen molar-refractivity contribution in [3.63, 3.8) is 0 Å². The number of nitrogens with zero attached hydrogens (tertiary/aromatic N) is 2. The third-order valence-electron chi connectivity index (χ3n) is 2.93. The van der Waals surface area contributed by atoms with Gasteiger partial charge in [0.2, 0.25) is 5.95 Å². The van der Waals surface area contributed by atoms with Gasteiger partial charge >= 0.3 is 0 Å². The average Bonchev–Trinajstić information content (AvgIpc) is 2.36.